The Kier molecular flexibility index (Phi) is 6.58. The molecule has 0 radical (unpaired) electrons. The van der Waals surface area contributed by atoms with E-state index < -0.39 is 12.0 Å². The molecule has 2 amide bonds. The van der Waals surface area contributed by atoms with Crippen molar-refractivity contribution in [2.45, 2.75) is 13.0 Å². The second-order valence-corrected chi connectivity index (χ2v) is 5.08. The van der Waals surface area contributed by atoms with Crippen molar-refractivity contribution in [1.82, 2.24) is 5.32 Å². The minimum Gasteiger partial charge on any atom is -0.480 e. The number of carboxylic acids is 1. The third-order valence-electron chi connectivity index (χ3n) is 2.50. The van der Waals surface area contributed by atoms with Crippen LogP contribution in [-0.2, 0) is 14.4 Å². The molecule has 0 fully saturated rings. The Balaban J connectivity index is 2.38. The predicted octanol–water partition coefficient (Wildman–Crippen LogP) is 0.866. The smallest absolute Gasteiger partial charge is 0.327 e. The lowest BCUT2D eigenvalue weighted by Crippen LogP contribution is -2.38. The summed E-state index contributed by atoms with van der Waals surface area (Å²) in [5.74, 6) is -1.07. The Morgan fingerprint density at radius 3 is 2.70 bits per heavy atom. The summed E-state index contributed by atoms with van der Waals surface area (Å²) in [6, 6.07) is 6.40. The molecule has 0 aliphatic rings. The van der Waals surface area contributed by atoms with Crippen molar-refractivity contribution in [3.8, 4) is 0 Å². The first-order chi connectivity index (χ1) is 9.54. The molecule has 0 bridgehead atoms. The van der Waals surface area contributed by atoms with Crippen LogP contribution >= 0.6 is 11.8 Å². The average Bonchev–Trinajstić information content (AvgIpc) is 2.40. The van der Waals surface area contributed by atoms with Gasteiger partial charge < -0.3 is 15.7 Å². The highest BCUT2D eigenvalue weighted by Crippen LogP contribution is 2.13. The quantitative estimate of drug-likeness (QED) is 0.619. The molecule has 20 heavy (non-hydrogen) atoms. The maximum atomic E-state index is 11.7. The molecular formula is C13H16N2O4S. The van der Waals surface area contributed by atoms with Gasteiger partial charge in [-0.05, 0) is 18.6 Å². The van der Waals surface area contributed by atoms with Crippen molar-refractivity contribution >= 4 is 35.7 Å². The second-order valence-electron chi connectivity index (χ2n) is 4.05. The number of carbonyl (C=O) groups excluding carboxylic acids is 2. The molecule has 1 atom stereocenters. The van der Waals surface area contributed by atoms with E-state index in [2.05, 4.69) is 10.6 Å². The van der Waals surface area contributed by atoms with Crippen LogP contribution in [0.1, 0.15) is 5.56 Å². The van der Waals surface area contributed by atoms with Gasteiger partial charge in [-0.25, -0.2) is 4.79 Å². The number of anilines is 1. The lowest BCUT2D eigenvalue weighted by Gasteiger charge is -2.11. The summed E-state index contributed by atoms with van der Waals surface area (Å²) in [5.41, 5.74) is 1.69. The Bertz CT molecular complexity index is 493. The van der Waals surface area contributed by atoms with Gasteiger partial charge in [-0.3, -0.25) is 9.59 Å². The summed E-state index contributed by atoms with van der Waals surface area (Å²) in [5, 5.41) is 13.7. The predicted molar refractivity (Wildman–Crippen MR) is 77.8 cm³/mol. The van der Waals surface area contributed by atoms with Crippen molar-refractivity contribution < 1.29 is 19.5 Å². The second kappa shape index (κ2) is 8.21. The van der Waals surface area contributed by atoms with Gasteiger partial charge in [-0.15, -0.1) is 11.8 Å². The van der Waals surface area contributed by atoms with E-state index in [1.807, 2.05) is 25.1 Å². The molecule has 0 aliphatic carbocycles. The number of para-hydroxylation sites is 1. The molecule has 108 valence electrons. The van der Waals surface area contributed by atoms with Crippen LogP contribution < -0.4 is 10.6 Å². The fraction of sp³-hybridized carbons (Fsp3) is 0.308. The molecule has 7 heteroatoms. The van der Waals surface area contributed by atoms with Crippen LogP contribution in [0.2, 0.25) is 0 Å². The molecule has 0 saturated carbocycles. The maximum absolute atomic E-state index is 11.7. The van der Waals surface area contributed by atoms with Gasteiger partial charge in [0.25, 0.3) is 0 Å². The number of hydrogen-bond donors (Lipinski definition) is 3. The van der Waals surface area contributed by atoms with E-state index in [0.717, 1.165) is 23.0 Å². The fourth-order valence-electron chi connectivity index (χ4n) is 1.44. The number of hydrogen-bond acceptors (Lipinski definition) is 4. The number of nitrogens with one attached hydrogen (secondary N) is 2. The molecule has 0 heterocycles. The number of rotatable bonds is 8. The number of amides is 2. The SMILES string of the molecule is Cc1ccccc1NC(=O)CSCC(NC=O)C(=O)O. The van der Waals surface area contributed by atoms with Crippen LogP contribution in [0, 0.1) is 6.92 Å². The monoisotopic (exact) mass is 296 g/mol. The van der Waals surface area contributed by atoms with Crippen LogP contribution in [0.4, 0.5) is 5.69 Å². The zero-order chi connectivity index (χ0) is 15.0. The van der Waals surface area contributed by atoms with E-state index in [1.165, 1.54) is 0 Å². The molecule has 1 aromatic rings. The maximum Gasteiger partial charge on any atom is 0.327 e. The Morgan fingerprint density at radius 1 is 1.40 bits per heavy atom. The summed E-state index contributed by atoms with van der Waals surface area (Å²) in [7, 11) is 0. The molecule has 6 nitrogen and oxygen atoms in total. The summed E-state index contributed by atoms with van der Waals surface area (Å²) in [6.07, 6.45) is 0.340. The number of benzene rings is 1. The van der Waals surface area contributed by atoms with Crippen molar-refractivity contribution in [3.05, 3.63) is 29.8 Å². The Morgan fingerprint density at radius 2 is 2.10 bits per heavy atom. The van der Waals surface area contributed by atoms with Crippen molar-refractivity contribution in [2.24, 2.45) is 0 Å². The van der Waals surface area contributed by atoms with Gasteiger partial charge in [0.05, 0.1) is 5.75 Å². The summed E-state index contributed by atoms with van der Waals surface area (Å²) in [4.78, 5) is 32.7. The Hall–Kier alpha value is -2.02. The minimum atomic E-state index is -1.12. The zero-order valence-corrected chi connectivity index (χ0v) is 11.8. The number of thioether (sulfide) groups is 1. The van der Waals surface area contributed by atoms with Crippen LogP contribution in [-0.4, -0.2) is 40.9 Å². The average molecular weight is 296 g/mol. The molecule has 0 aromatic heterocycles. The third kappa shape index (κ3) is 5.31. The molecule has 1 aromatic carbocycles. The molecule has 0 spiro atoms. The van der Waals surface area contributed by atoms with Gasteiger partial charge in [0.1, 0.15) is 6.04 Å². The highest BCUT2D eigenvalue weighted by atomic mass is 32.2. The standard InChI is InChI=1S/C13H16N2O4S/c1-9-4-2-3-5-10(9)15-12(17)7-20-6-11(13(18)19)14-8-16/h2-5,8,11H,6-7H2,1H3,(H,14,16)(H,15,17)(H,18,19). The Labute approximate surface area is 120 Å². The van der Waals surface area contributed by atoms with E-state index in [4.69, 9.17) is 5.11 Å². The first kappa shape index (κ1) is 16.0. The van der Waals surface area contributed by atoms with E-state index in [0.29, 0.717) is 6.41 Å². The van der Waals surface area contributed by atoms with Crippen LogP contribution in [0.3, 0.4) is 0 Å². The van der Waals surface area contributed by atoms with Gasteiger partial charge in [0.15, 0.2) is 0 Å². The molecular weight excluding hydrogens is 280 g/mol. The van der Waals surface area contributed by atoms with Crippen molar-refractivity contribution in [2.75, 3.05) is 16.8 Å². The van der Waals surface area contributed by atoms with Gasteiger partial charge >= 0.3 is 5.97 Å². The molecule has 1 unspecified atom stereocenters. The van der Waals surface area contributed by atoms with E-state index in [-0.39, 0.29) is 17.4 Å². The summed E-state index contributed by atoms with van der Waals surface area (Å²) in [6.45, 7) is 1.89. The van der Waals surface area contributed by atoms with E-state index in [1.54, 1.807) is 6.07 Å². The molecule has 0 aliphatic heterocycles. The first-order valence-corrected chi connectivity index (χ1v) is 7.05. The zero-order valence-electron chi connectivity index (χ0n) is 11.0. The normalized spacial score (nSPS) is 11.4. The lowest BCUT2D eigenvalue weighted by atomic mass is 10.2. The van der Waals surface area contributed by atoms with Gasteiger partial charge in [0, 0.05) is 11.4 Å². The topological polar surface area (TPSA) is 95.5 Å². The fourth-order valence-corrected chi connectivity index (χ4v) is 2.29. The minimum absolute atomic E-state index is 0.124. The first-order valence-electron chi connectivity index (χ1n) is 5.90. The van der Waals surface area contributed by atoms with Crippen LogP contribution in [0.15, 0.2) is 24.3 Å². The molecule has 3 N–H and O–H groups in total. The van der Waals surface area contributed by atoms with E-state index in [9.17, 15) is 14.4 Å². The number of carbonyl (C=O) groups is 3. The lowest BCUT2D eigenvalue weighted by molar-refractivity contribution is -0.139. The third-order valence-corrected chi connectivity index (χ3v) is 3.54. The number of aliphatic carboxylic acids is 1. The molecule has 0 saturated heterocycles. The molecule has 1 rings (SSSR count). The van der Waals surface area contributed by atoms with Gasteiger partial charge in [-0.2, -0.15) is 0 Å². The highest BCUT2D eigenvalue weighted by Gasteiger charge is 2.16. The summed E-state index contributed by atoms with van der Waals surface area (Å²) >= 11 is 1.15. The van der Waals surface area contributed by atoms with Gasteiger partial charge in [-0.1, -0.05) is 18.2 Å². The van der Waals surface area contributed by atoms with Gasteiger partial charge in [0.2, 0.25) is 12.3 Å². The van der Waals surface area contributed by atoms with Crippen molar-refractivity contribution in [3.63, 3.8) is 0 Å². The largest absolute Gasteiger partial charge is 0.480 e. The van der Waals surface area contributed by atoms with E-state index >= 15 is 0 Å². The number of carboxylic acid groups (broad SMARTS) is 1. The van der Waals surface area contributed by atoms with Crippen molar-refractivity contribution in [1.29, 1.82) is 0 Å². The number of aryl methyl sites for hydroxylation is 1. The van der Waals surface area contributed by atoms with Crippen LogP contribution in [0.25, 0.3) is 0 Å². The summed E-state index contributed by atoms with van der Waals surface area (Å²) < 4.78 is 0. The van der Waals surface area contributed by atoms with Crippen LogP contribution in [0.5, 0.6) is 0 Å². The highest BCUT2D eigenvalue weighted by molar-refractivity contribution is 8.00.